The van der Waals surface area contributed by atoms with Crippen LogP contribution in [0.3, 0.4) is 0 Å². The molecule has 1 aromatic carbocycles. The lowest BCUT2D eigenvalue weighted by molar-refractivity contribution is -0.0358. The minimum Gasteiger partial charge on any atom is -0.160 e. The number of hydrogen-bond donors (Lipinski definition) is 0. The Bertz CT molecular complexity index is 638. The Morgan fingerprint density at radius 1 is 1.14 bits per heavy atom. The molecule has 0 radical (unpaired) electrons. The van der Waals surface area contributed by atoms with Gasteiger partial charge in [-0.1, -0.05) is 39.3 Å². The zero-order valence-electron chi connectivity index (χ0n) is 12.9. The summed E-state index contributed by atoms with van der Waals surface area (Å²) in [6, 6.07) is 5.59. The van der Waals surface area contributed by atoms with Gasteiger partial charge in [0.05, 0.1) is 0 Å². The lowest BCUT2D eigenvalue weighted by Crippen LogP contribution is -2.23. The minimum absolute atomic E-state index is 0.0847. The van der Waals surface area contributed by atoms with E-state index in [1.54, 1.807) is 12.1 Å². The van der Waals surface area contributed by atoms with Crippen LogP contribution in [-0.2, 0) is 5.41 Å². The van der Waals surface area contributed by atoms with E-state index in [4.69, 9.17) is 0 Å². The van der Waals surface area contributed by atoms with E-state index in [0.29, 0.717) is 9.80 Å². The van der Waals surface area contributed by atoms with Crippen LogP contribution in [0, 0.1) is 5.92 Å². The van der Waals surface area contributed by atoms with Crippen molar-refractivity contribution < 1.29 is 13.2 Å². The highest BCUT2D eigenvalue weighted by Gasteiger charge is 2.57. The molecule has 0 aromatic heterocycles. The van der Waals surface area contributed by atoms with Gasteiger partial charge in [-0.05, 0) is 75.6 Å². The highest BCUT2D eigenvalue weighted by atomic mass is 79.9. The van der Waals surface area contributed by atoms with Crippen molar-refractivity contribution in [3.8, 4) is 0 Å². The Morgan fingerprint density at radius 2 is 1.77 bits per heavy atom. The van der Waals surface area contributed by atoms with E-state index < -0.39 is 14.0 Å². The maximum Gasteiger partial charge on any atom is 0.442 e. The SMILES string of the molecule is CC(C)(C)c1ccc2c(c1)S(Br)(C(F)(F)F)C(C1CCC1)=C2. The molecule has 0 bridgehead atoms. The van der Waals surface area contributed by atoms with Gasteiger partial charge in [-0.25, -0.2) is 0 Å². The normalized spacial score (nSPS) is 28.6. The Kier molecular flexibility index (Phi) is 3.76. The standard InChI is InChI=1S/C17H20BrF3S/c1-16(2,3)13-8-7-12-9-14(11-5-4-6-11)22(18,15(12)10-13)17(19,20)21/h7-11H,4-6H2,1-3H3. The maximum atomic E-state index is 14.0. The highest BCUT2D eigenvalue weighted by molar-refractivity contribution is 9.59. The quantitative estimate of drug-likeness (QED) is 0.476. The highest BCUT2D eigenvalue weighted by Crippen LogP contribution is 2.83. The predicted octanol–water partition coefficient (Wildman–Crippen LogP) is 7.13. The first kappa shape index (κ1) is 16.4. The van der Waals surface area contributed by atoms with E-state index in [1.807, 2.05) is 32.9 Å². The molecule has 122 valence electrons. The van der Waals surface area contributed by atoms with Crippen LogP contribution in [0.25, 0.3) is 6.08 Å². The van der Waals surface area contributed by atoms with E-state index in [1.165, 1.54) is 0 Å². The number of hydrogen-bond acceptors (Lipinski definition) is 0. The molecular formula is C17H20BrF3S. The maximum absolute atomic E-state index is 14.0. The number of fused-ring (bicyclic) bond motifs is 1. The summed E-state index contributed by atoms with van der Waals surface area (Å²) in [5.74, 6) is 0.0847. The molecule has 2 aliphatic rings. The molecule has 3 rings (SSSR count). The number of alkyl halides is 3. The lowest BCUT2D eigenvalue weighted by Gasteiger charge is -2.41. The van der Waals surface area contributed by atoms with Crippen molar-refractivity contribution in [3.63, 3.8) is 0 Å². The molecule has 1 unspecified atom stereocenters. The van der Waals surface area contributed by atoms with Gasteiger partial charge < -0.3 is 0 Å². The van der Waals surface area contributed by atoms with Crippen LogP contribution in [0.1, 0.15) is 51.2 Å². The second-order valence-corrected chi connectivity index (χ2v) is 12.5. The summed E-state index contributed by atoms with van der Waals surface area (Å²) in [5, 5.41) is 0. The molecule has 1 atom stereocenters. The van der Waals surface area contributed by atoms with Gasteiger partial charge in [0.15, 0.2) is 0 Å². The number of allylic oxidation sites excluding steroid dienone is 1. The summed E-state index contributed by atoms with van der Waals surface area (Å²) >= 11 is 3.20. The summed E-state index contributed by atoms with van der Waals surface area (Å²) in [4.78, 5) is 1.02. The van der Waals surface area contributed by atoms with Crippen molar-refractivity contribution in [1.82, 2.24) is 0 Å². The van der Waals surface area contributed by atoms with E-state index in [-0.39, 0.29) is 11.3 Å². The Hall–Kier alpha value is -0.420. The van der Waals surface area contributed by atoms with Crippen LogP contribution in [0.5, 0.6) is 0 Å². The fourth-order valence-corrected chi connectivity index (χ4v) is 7.43. The molecule has 1 heterocycles. The van der Waals surface area contributed by atoms with Crippen LogP contribution in [0.4, 0.5) is 13.2 Å². The topological polar surface area (TPSA) is 0 Å². The van der Waals surface area contributed by atoms with Gasteiger partial charge in [-0.3, -0.25) is 0 Å². The molecule has 0 saturated heterocycles. The summed E-state index contributed by atoms with van der Waals surface area (Å²) in [6.07, 6.45) is 4.58. The van der Waals surface area contributed by atoms with Gasteiger partial charge in [0.2, 0.25) is 0 Å². The molecule has 1 aliphatic carbocycles. The van der Waals surface area contributed by atoms with Gasteiger partial charge in [-0.2, -0.15) is 13.2 Å². The van der Waals surface area contributed by atoms with Crippen molar-refractivity contribution in [2.75, 3.05) is 0 Å². The summed E-state index contributed by atoms with van der Waals surface area (Å²) < 4.78 is 41.9. The van der Waals surface area contributed by atoms with E-state index in [2.05, 4.69) is 14.8 Å². The molecule has 22 heavy (non-hydrogen) atoms. The molecular weight excluding hydrogens is 373 g/mol. The molecule has 0 amide bonds. The largest absolute Gasteiger partial charge is 0.442 e. The average molecular weight is 393 g/mol. The molecule has 1 aromatic rings. The summed E-state index contributed by atoms with van der Waals surface area (Å²) in [6.45, 7) is 6.09. The van der Waals surface area contributed by atoms with E-state index in [0.717, 1.165) is 30.4 Å². The molecule has 5 heteroatoms. The molecule has 0 nitrogen and oxygen atoms in total. The van der Waals surface area contributed by atoms with Crippen LogP contribution < -0.4 is 0 Å². The van der Waals surface area contributed by atoms with Crippen molar-refractivity contribution in [3.05, 3.63) is 34.2 Å². The van der Waals surface area contributed by atoms with Crippen LogP contribution >= 0.6 is 23.3 Å². The van der Waals surface area contributed by atoms with Gasteiger partial charge in [-0.15, -0.1) is 0 Å². The van der Waals surface area contributed by atoms with Crippen molar-refractivity contribution in [2.24, 2.45) is 5.92 Å². The molecule has 1 saturated carbocycles. The summed E-state index contributed by atoms with van der Waals surface area (Å²) in [5.41, 5.74) is -2.72. The predicted molar refractivity (Wildman–Crippen MR) is 91.3 cm³/mol. The Labute approximate surface area is 138 Å². The van der Waals surface area contributed by atoms with Crippen LogP contribution in [0.2, 0.25) is 0 Å². The molecule has 0 spiro atoms. The first-order valence-corrected chi connectivity index (χ1v) is 11.0. The van der Waals surface area contributed by atoms with Crippen molar-refractivity contribution >= 4 is 29.4 Å². The minimum atomic E-state index is -4.25. The van der Waals surface area contributed by atoms with Gasteiger partial charge >= 0.3 is 5.51 Å². The first-order valence-electron chi connectivity index (χ1n) is 7.50. The lowest BCUT2D eigenvalue weighted by atomic mass is 9.84. The molecule has 1 fully saturated rings. The zero-order valence-corrected chi connectivity index (χ0v) is 15.3. The smallest absolute Gasteiger partial charge is 0.160 e. The zero-order chi connectivity index (χ0) is 16.3. The van der Waals surface area contributed by atoms with E-state index >= 15 is 0 Å². The third-order valence-electron chi connectivity index (χ3n) is 4.63. The fraction of sp³-hybridized carbons (Fsp3) is 0.529. The van der Waals surface area contributed by atoms with Gasteiger partial charge in [0.1, 0.15) is 0 Å². The average Bonchev–Trinajstić information content (AvgIpc) is 2.60. The van der Waals surface area contributed by atoms with Gasteiger partial charge in [0.25, 0.3) is 0 Å². The number of benzene rings is 1. The van der Waals surface area contributed by atoms with Crippen molar-refractivity contribution in [2.45, 2.75) is 55.9 Å². The second-order valence-electron chi connectivity index (χ2n) is 7.16. The number of halogens is 4. The van der Waals surface area contributed by atoms with Crippen molar-refractivity contribution in [1.29, 1.82) is 0 Å². The third kappa shape index (κ3) is 2.35. The Morgan fingerprint density at radius 3 is 2.23 bits per heavy atom. The number of rotatable bonds is 1. The third-order valence-corrected chi connectivity index (χ3v) is 10.6. The van der Waals surface area contributed by atoms with Gasteiger partial charge in [0, 0.05) is 4.90 Å². The molecule has 0 N–H and O–H groups in total. The monoisotopic (exact) mass is 392 g/mol. The molecule has 1 aliphatic heterocycles. The Balaban J connectivity index is 2.16. The van der Waals surface area contributed by atoms with Crippen LogP contribution in [-0.4, -0.2) is 5.51 Å². The second kappa shape index (κ2) is 5.04. The fourth-order valence-electron chi connectivity index (χ4n) is 3.02. The van der Waals surface area contributed by atoms with Crippen LogP contribution in [0.15, 0.2) is 28.0 Å². The first-order chi connectivity index (χ1) is 10.0. The summed E-state index contributed by atoms with van der Waals surface area (Å²) in [7, 11) is -3.09. The van der Waals surface area contributed by atoms with E-state index in [9.17, 15) is 13.2 Å².